The minimum Gasteiger partial charge on any atom is -0.497 e. The van der Waals surface area contributed by atoms with Gasteiger partial charge in [0.2, 0.25) is 5.91 Å². The van der Waals surface area contributed by atoms with Gasteiger partial charge in [0.05, 0.1) is 20.8 Å². The lowest BCUT2D eigenvalue weighted by Crippen LogP contribution is -2.33. The van der Waals surface area contributed by atoms with Crippen LogP contribution in [0.5, 0.6) is 11.5 Å². The zero-order valence-electron chi connectivity index (χ0n) is 13.8. The van der Waals surface area contributed by atoms with Gasteiger partial charge in [-0.25, -0.2) is 4.98 Å². The first kappa shape index (κ1) is 17.3. The second kappa shape index (κ2) is 7.96. The molecular weight excluding hydrogens is 310 g/mol. The van der Waals surface area contributed by atoms with Gasteiger partial charge in [0.1, 0.15) is 17.3 Å². The number of nitrogens with one attached hydrogen (secondary N) is 2. The summed E-state index contributed by atoms with van der Waals surface area (Å²) in [5, 5.41) is 5.15. The molecule has 126 valence electrons. The first-order valence-electron chi connectivity index (χ1n) is 7.25. The van der Waals surface area contributed by atoms with Crippen molar-refractivity contribution >= 4 is 17.6 Å². The fraction of sp³-hybridized carbons (Fsp3) is 0.235. The summed E-state index contributed by atoms with van der Waals surface area (Å²) >= 11 is 0. The highest BCUT2D eigenvalue weighted by molar-refractivity contribution is 5.99. The number of hydrogen-bond acceptors (Lipinski definition) is 5. The number of aryl methyl sites for hydroxylation is 1. The summed E-state index contributed by atoms with van der Waals surface area (Å²) in [6.07, 6.45) is 1.65. The van der Waals surface area contributed by atoms with E-state index in [2.05, 4.69) is 15.6 Å². The molecule has 0 aliphatic rings. The topological polar surface area (TPSA) is 89.5 Å². The molecule has 0 radical (unpaired) electrons. The Bertz CT molecular complexity index is 707. The number of pyridine rings is 1. The molecule has 1 aromatic heterocycles. The average Bonchev–Trinajstić information content (AvgIpc) is 2.61. The molecule has 1 heterocycles. The Labute approximate surface area is 140 Å². The molecule has 2 rings (SSSR count). The van der Waals surface area contributed by atoms with E-state index < -0.39 is 5.91 Å². The molecule has 0 aliphatic carbocycles. The van der Waals surface area contributed by atoms with Gasteiger partial charge in [-0.05, 0) is 30.7 Å². The van der Waals surface area contributed by atoms with Crippen molar-refractivity contribution < 1.29 is 19.1 Å². The van der Waals surface area contributed by atoms with Crippen LogP contribution < -0.4 is 20.1 Å². The minimum atomic E-state index is -0.404. The number of carbonyl (C=O) groups is 2. The maximum atomic E-state index is 12.2. The van der Waals surface area contributed by atoms with E-state index >= 15 is 0 Å². The summed E-state index contributed by atoms with van der Waals surface area (Å²) in [5.41, 5.74) is 1.33. The van der Waals surface area contributed by atoms with Crippen molar-refractivity contribution in [3.8, 4) is 11.5 Å². The monoisotopic (exact) mass is 329 g/mol. The zero-order chi connectivity index (χ0) is 17.5. The van der Waals surface area contributed by atoms with Crippen LogP contribution in [0.3, 0.4) is 0 Å². The Hall–Kier alpha value is -3.09. The summed E-state index contributed by atoms with van der Waals surface area (Å²) < 4.78 is 10.2. The van der Waals surface area contributed by atoms with Crippen LogP contribution in [0.15, 0.2) is 36.5 Å². The van der Waals surface area contributed by atoms with Gasteiger partial charge < -0.3 is 20.1 Å². The predicted molar refractivity (Wildman–Crippen MR) is 89.5 cm³/mol. The van der Waals surface area contributed by atoms with E-state index in [1.54, 1.807) is 30.5 Å². The van der Waals surface area contributed by atoms with E-state index in [0.29, 0.717) is 22.9 Å². The van der Waals surface area contributed by atoms with Gasteiger partial charge >= 0.3 is 0 Å². The maximum Gasteiger partial charge on any atom is 0.251 e. The largest absolute Gasteiger partial charge is 0.497 e. The molecule has 7 heteroatoms. The number of benzene rings is 1. The molecule has 0 spiro atoms. The van der Waals surface area contributed by atoms with Crippen molar-refractivity contribution in [2.75, 3.05) is 26.1 Å². The molecule has 2 amide bonds. The molecule has 0 aliphatic heterocycles. The predicted octanol–water partition coefficient (Wildman–Crippen LogP) is 1.78. The molecule has 0 unspecified atom stereocenters. The van der Waals surface area contributed by atoms with Gasteiger partial charge in [0.15, 0.2) is 0 Å². The molecule has 7 nitrogen and oxygen atoms in total. The van der Waals surface area contributed by atoms with E-state index in [4.69, 9.17) is 9.47 Å². The second-order valence-electron chi connectivity index (χ2n) is 5.05. The van der Waals surface area contributed by atoms with Crippen molar-refractivity contribution in [1.82, 2.24) is 10.3 Å². The number of aromatic nitrogens is 1. The Morgan fingerprint density at radius 1 is 1.08 bits per heavy atom. The van der Waals surface area contributed by atoms with Gasteiger partial charge in [-0.2, -0.15) is 0 Å². The maximum absolute atomic E-state index is 12.2. The molecular formula is C17H19N3O4. The van der Waals surface area contributed by atoms with Crippen molar-refractivity contribution in [3.63, 3.8) is 0 Å². The number of ether oxygens (including phenoxy) is 2. The second-order valence-corrected chi connectivity index (χ2v) is 5.05. The molecule has 2 N–H and O–H groups in total. The third kappa shape index (κ3) is 4.70. The number of rotatable bonds is 6. The lowest BCUT2D eigenvalue weighted by molar-refractivity contribution is -0.115. The summed E-state index contributed by atoms with van der Waals surface area (Å²) in [6, 6.07) is 8.33. The van der Waals surface area contributed by atoms with E-state index in [0.717, 1.165) is 5.56 Å². The number of nitrogens with zero attached hydrogens (tertiary/aromatic N) is 1. The van der Waals surface area contributed by atoms with Crippen LogP contribution >= 0.6 is 0 Å². The van der Waals surface area contributed by atoms with E-state index in [1.165, 1.54) is 14.2 Å². The van der Waals surface area contributed by atoms with Crippen LogP contribution in [-0.2, 0) is 4.79 Å². The number of methoxy groups -OCH3 is 2. The van der Waals surface area contributed by atoms with Crippen LogP contribution in [0.1, 0.15) is 15.9 Å². The van der Waals surface area contributed by atoms with E-state index in [1.807, 2.05) is 13.0 Å². The van der Waals surface area contributed by atoms with Gasteiger partial charge in [0.25, 0.3) is 5.91 Å². The lowest BCUT2D eigenvalue weighted by Gasteiger charge is -2.09. The number of amides is 2. The SMILES string of the molecule is COc1cc(OC)cc(C(=O)NCC(=O)Nc2ccc(C)cn2)c1. The van der Waals surface area contributed by atoms with Gasteiger partial charge in [-0.1, -0.05) is 6.07 Å². The standard InChI is InChI=1S/C17H19N3O4/c1-11-4-5-15(18-9-11)20-16(21)10-19-17(22)12-6-13(23-2)8-14(7-12)24-3/h4-9H,10H2,1-3H3,(H,19,22)(H,18,20,21). The highest BCUT2D eigenvalue weighted by Gasteiger charge is 2.11. The summed E-state index contributed by atoms with van der Waals surface area (Å²) in [5.74, 6) is 0.650. The number of hydrogen-bond donors (Lipinski definition) is 2. The summed E-state index contributed by atoms with van der Waals surface area (Å²) in [7, 11) is 3.00. The van der Waals surface area contributed by atoms with Gasteiger partial charge in [-0.3, -0.25) is 9.59 Å². The smallest absolute Gasteiger partial charge is 0.251 e. The molecule has 0 fully saturated rings. The molecule has 2 aromatic rings. The number of anilines is 1. The third-order valence-electron chi connectivity index (χ3n) is 3.20. The highest BCUT2D eigenvalue weighted by Crippen LogP contribution is 2.22. The molecule has 0 bridgehead atoms. The van der Waals surface area contributed by atoms with Crippen LogP contribution in [0.2, 0.25) is 0 Å². The fourth-order valence-corrected chi connectivity index (χ4v) is 1.93. The summed E-state index contributed by atoms with van der Waals surface area (Å²) in [6.45, 7) is 1.73. The van der Waals surface area contributed by atoms with Crippen LogP contribution in [0.25, 0.3) is 0 Å². The van der Waals surface area contributed by atoms with Gasteiger partial charge in [-0.15, -0.1) is 0 Å². The quantitative estimate of drug-likeness (QED) is 0.843. The Morgan fingerprint density at radius 3 is 2.29 bits per heavy atom. The van der Waals surface area contributed by atoms with Crippen molar-refractivity contribution in [1.29, 1.82) is 0 Å². The Kier molecular flexibility index (Phi) is 5.73. The molecule has 0 atom stereocenters. The van der Waals surface area contributed by atoms with E-state index in [-0.39, 0.29) is 12.5 Å². The molecule has 1 aromatic carbocycles. The highest BCUT2D eigenvalue weighted by atomic mass is 16.5. The first-order valence-corrected chi connectivity index (χ1v) is 7.25. The molecule has 0 saturated carbocycles. The van der Waals surface area contributed by atoms with Crippen LogP contribution in [0.4, 0.5) is 5.82 Å². The van der Waals surface area contributed by atoms with Crippen molar-refractivity contribution in [2.24, 2.45) is 0 Å². The average molecular weight is 329 g/mol. The van der Waals surface area contributed by atoms with E-state index in [9.17, 15) is 9.59 Å². The third-order valence-corrected chi connectivity index (χ3v) is 3.20. The van der Waals surface area contributed by atoms with Crippen molar-refractivity contribution in [2.45, 2.75) is 6.92 Å². The molecule has 0 saturated heterocycles. The van der Waals surface area contributed by atoms with Crippen LogP contribution in [-0.4, -0.2) is 37.6 Å². The van der Waals surface area contributed by atoms with Crippen molar-refractivity contribution in [3.05, 3.63) is 47.7 Å². The number of carbonyl (C=O) groups excluding carboxylic acids is 2. The lowest BCUT2D eigenvalue weighted by atomic mass is 10.2. The first-order chi connectivity index (χ1) is 11.5. The molecule has 24 heavy (non-hydrogen) atoms. The normalized spacial score (nSPS) is 9.96. The fourth-order valence-electron chi connectivity index (χ4n) is 1.93. The minimum absolute atomic E-state index is 0.173. The van der Waals surface area contributed by atoms with Crippen LogP contribution in [0, 0.1) is 6.92 Å². The Balaban J connectivity index is 1.94. The summed E-state index contributed by atoms with van der Waals surface area (Å²) in [4.78, 5) is 28.1. The zero-order valence-corrected chi connectivity index (χ0v) is 13.8. The Morgan fingerprint density at radius 2 is 1.75 bits per heavy atom. The van der Waals surface area contributed by atoms with Gasteiger partial charge in [0, 0.05) is 17.8 Å².